The molecule has 1 fully saturated rings. The monoisotopic (exact) mass is 469 g/mol. The molecule has 0 bridgehead atoms. The van der Waals surface area contributed by atoms with Crippen LogP contribution in [-0.4, -0.2) is 26.8 Å². The first-order chi connectivity index (χ1) is 15.3. The lowest BCUT2D eigenvalue weighted by molar-refractivity contribution is -0.122. The van der Waals surface area contributed by atoms with E-state index in [1.54, 1.807) is 65.6 Å². The first-order valence-electron chi connectivity index (χ1n) is 9.86. The number of nitrogens with zero attached hydrogens (tertiary/aromatic N) is 1. The molecule has 2 amide bonds. The van der Waals surface area contributed by atoms with Crippen molar-refractivity contribution in [2.75, 3.05) is 21.5 Å². The van der Waals surface area contributed by atoms with Gasteiger partial charge in [-0.25, -0.2) is 8.42 Å². The van der Waals surface area contributed by atoms with Crippen LogP contribution in [0, 0.1) is 5.92 Å². The van der Waals surface area contributed by atoms with E-state index in [1.165, 1.54) is 18.2 Å². The molecule has 0 aliphatic carbocycles. The van der Waals surface area contributed by atoms with Crippen molar-refractivity contribution in [3.8, 4) is 0 Å². The average Bonchev–Trinajstić information content (AvgIpc) is 3.16. The Morgan fingerprint density at radius 1 is 0.938 bits per heavy atom. The lowest BCUT2D eigenvalue weighted by Gasteiger charge is -2.17. The summed E-state index contributed by atoms with van der Waals surface area (Å²) in [5.74, 6) is -1.01. The minimum absolute atomic E-state index is 0.0820. The summed E-state index contributed by atoms with van der Waals surface area (Å²) in [5, 5.41) is 3.29. The summed E-state index contributed by atoms with van der Waals surface area (Å²) in [6.45, 7) is 0.241. The number of benzene rings is 3. The molecule has 0 saturated carbocycles. The molecule has 1 unspecified atom stereocenters. The van der Waals surface area contributed by atoms with Crippen LogP contribution in [-0.2, 0) is 19.6 Å². The molecular weight excluding hydrogens is 450 g/mol. The fraction of sp³-hybridized carbons (Fsp3) is 0.130. The maximum atomic E-state index is 12.8. The molecule has 2 N–H and O–H groups in total. The number of carbonyl (C=O) groups excluding carboxylic acids is 2. The van der Waals surface area contributed by atoms with E-state index in [2.05, 4.69) is 10.0 Å². The van der Waals surface area contributed by atoms with Crippen LogP contribution in [0.25, 0.3) is 0 Å². The lowest BCUT2D eigenvalue weighted by Crippen LogP contribution is -2.28. The fourth-order valence-corrected chi connectivity index (χ4v) is 4.75. The minimum atomic E-state index is -3.75. The Labute approximate surface area is 191 Å². The van der Waals surface area contributed by atoms with Crippen molar-refractivity contribution in [1.29, 1.82) is 0 Å². The summed E-state index contributed by atoms with van der Waals surface area (Å²) in [6.07, 6.45) is 0.0820. The molecular formula is C23H20ClN3O4S. The third-order valence-corrected chi connectivity index (χ3v) is 6.68. The van der Waals surface area contributed by atoms with Gasteiger partial charge in [-0.15, -0.1) is 0 Å². The predicted molar refractivity (Wildman–Crippen MR) is 124 cm³/mol. The first-order valence-corrected chi connectivity index (χ1v) is 11.7. The molecule has 1 atom stereocenters. The Morgan fingerprint density at radius 2 is 1.66 bits per heavy atom. The van der Waals surface area contributed by atoms with Gasteiger partial charge in [0.15, 0.2) is 0 Å². The number of rotatable bonds is 6. The lowest BCUT2D eigenvalue weighted by atomic mass is 10.1. The molecule has 1 aliphatic heterocycles. The van der Waals surface area contributed by atoms with Crippen molar-refractivity contribution in [2.45, 2.75) is 11.3 Å². The highest BCUT2D eigenvalue weighted by atomic mass is 35.5. The van der Waals surface area contributed by atoms with E-state index >= 15 is 0 Å². The van der Waals surface area contributed by atoms with Gasteiger partial charge in [-0.1, -0.05) is 41.9 Å². The zero-order valence-electron chi connectivity index (χ0n) is 16.9. The van der Waals surface area contributed by atoms with Crippen LogP contribution >= 0.6 is 11.6 Å². The molecule has 1 heterocycles. The maximum Gasteiger partial charge on any atom is 0.261 e. The maximum absolute atomic E-state index is 12.8. The summed E-state index contributed by atoms with van der Waals surface area (Å²) >= 11 is 6.01. The average molecular weight is 470 g/mol. The van der Waals surface area contributed by atoms with Gasteiger partial charge in [0.2, 0.25) is 11.8 Å². The number of sulfonamides is 1. The van der Waals surface area contributed by atoms with Crippen molar-refractivity contribution in [3.05, 3.63) is 83.9 Å². The van der Waals surface area contributed by atoms with Crippen molar-refractivity contribution in [2.24, 2.45) is 5.92 Å². The quantitative estimate of drug-likeness (QED) is 0.567. The summed E-state index contributed by atoms with van der Waals surface area (Å²) < 4.78 is 27.6. The molecule has 0 spiro atoms. The van der Waals surface area contributed by atoms with Gasteiger partial charge in [0.25, 0.3) is 10.0 Å². The van der Waals surface area contributed by atoms with Crippen molar-refractivity contribution < 1.29 is 18.0 Å². The third kappa shape index (κ3) is 4.92. The number of hydrogen-bond acceptors (Lipinski definition) is 4. The van der Waals surface area contributed by atoms with Crippen LogP contribution in [0.3, 0.4) is 0 Å². The second kappa shape index (κ2) is 9.02. The van der Waals surface area contributed by atoms with E-state index in [0.717, 1.165) is 0 Å². The summed E-state index contributed by atoms with van der Waals surface area (Å²) in [6, 6.07) is 21.3. The number of hydrogen-bond donors (Lipinski definition) is 2. The SMILES string of the molecule is O=C(Nc1cccc(NS(=O)(=O)c2ccccc2)c1)C1CC(=O)N(c2cccc(Cl)c2)C1. The standard InChI is InChI=1S/C23H20ClN3O4S/c24-17-6-4-9-20(13-17)27-15-16(12-22(27)28)23(29)25-18-7-5-8-19(14-18)26-32(30,31)21-10-2-1-3-11-21/h1-11,13-14,16,26H,12,15H2,(H,25,29). The molecule has 0 radical (unpaired) electrons. The Kier molecular flexibility index (Phi) is 6.16. The van der Waals surface area contributed by atoms with Gasteiger partial charge in [0.1, 0.15) is 0 Å². The van der Waals surface area contributed by atoms with E-state index in [-0.39, 0.29) is 29.7 Å². The Balaban J connectivity index is 1.44. The Morgan fingerprint density at radius 3 is 2.41 bits per heavy atom. The number of amides is 2. The van der Waals surface area contributed by atoms with E-state index < -0.39 is 15.9 Å². The van der Waals surface area contributed by atoms with Crippen molar-refractivity contribution >= 4 is 50.5 Å². The van der Waals surface area contributed by atoms with Gasteiger partial charge in [-0.2, -0.15) is 0 Å². The Bertz CT molecular complexity index is 1260. The third-order valence-electron chi connectivity index (χ3n) is 5.05. The zero-order chi connectivity index (χ0) is 22.7. The topological polar surface area (TPSA) is 95.6 Å². The van der Waals surface area contributed by atoms with Crippen LogP contribution in [0.1, 0.15) is 6.42 Å². The predicted octanol–water partition coefficient (Wildman–Crippen LogP) is 4.13. The molecule has 1 saturated heterocycles. The molecule has 3 aromatic rings. The molecule has 3 aromatic carbocycles. The smallest absolute Gasteiger partial charge is 0.261 e. The second-order valence-corrected chi connectivity index (χ2v) is 9.49. The van der Waals surface area contributed by atoms with Gasteiger partial charge in [0.05, 0.1) is 16.5 Å². The number of halogens is 1. The molecule has 9 heteroatoms. The second-order valence-electron chi connectivity index (χ2n) is 7.37. The number of carbonyl (C=O) groups is 2. The van der Waals surface area contributed by atoms with Crippen LogP contribution in [0.2, 0.25) is 5.02 Å². The summed E-state index contributed by atoms with van der Waals surface area (Å²) in [4.78, 5) is 26.9. The normalized spacial score (nSPS) is 16.1. The van der Waals surface area contributed by atoms with E-state index in [1.807, 2.05) is 0 Å². The summed E-state index contributed by atoms with van der Waals surface area (Å²) in [7, 11) is -3.75. The zero-order valence-corrected chi connectivity index (χ0v) is 18.4. The molecule has 7 nitrogen and oxygen atoms in total. The minimum Gasteiger partial charge on any atom is -0.326 e. The fourth-order valence-electron chi connectivity index (χ4n) is 3.50. The molecule has 4 rings (SSSR count). The van der Waals surface area contributed by atoms with Crippen LogP contribution in [0.4, 0.5) is 17.1 Å². The van der Waals surface area contributed by atoms with Gasteiger partial charge < -0.3 is 10.2 Å². The summed E-state index contributed by atoms with van der Waals surface area (Å²) in [5.41, 5.74) is 1.39. The van der Waals surface area contributed by atoms with Gasteiger partial charge in [-0.05, 0) is 48.5 Å². The van der Waals surface area contributed by atoms with Crippen molar-refractivity contribution in [3.63, 3.8) is 0 Å². The van der Waals surface area contributed by atoms with E-state index in [4.69, 9.17) is 11.6 Å². The van der Waals surface area contributed by atoms with E-state index in [9.17, 15) is 18.0 Å². The van der Waals surface area contributed by atoms with E-state index in [0.29, 0.717) is 22.1 Å². The van der Waals surface area contributed by atoms with Crippen molar-refractivity contribution in [1.82, 2.24) is 0 Å². The van der Waals surface area contributed by atoms with Crippen LogP contribution < -0.4 is 14.9 Å². The molecule has 0 aromatic heterocycles. The molecule has 32 heavy (non-hydrogen) atoms. The Hall–Kier alpha value is -3.36. The number of nitrogens with one attached hydrogen (secondary N) is 2. The van der Waals surface area contributed by atoms with Crippen LogP contribution in [0.5, 0.6) is 0 Å². The molecule has 1 aliphatic rings. The first kappa shape index (κ1) is 21.9. The highest BCUT2D eigenvalue weighted by molar-refractivity contribution is 7.92. The van der Waals surface area contributed by atoms with Gasteiger partial charge >= 0.3 is 0 Å². The number of anilines is 3. The largest absolute Gasteiger partial charge is 0.326 e. The highest BCUT2D eigenvalue weighted by Gasteiger charge is 2.35. The van der Waals surface area contributed by atoms with Gasteiger partial charge in [0, 0.05) is 29.4 Å². The highest BCUT2D eigenvalue weighted by Crippen LogP contribution is 2.28. The van der Waals surface area contributed by atoms with Crippen LogP contribution in [0.15, 0.2) is 83.8 Å². The molecule has 164 valence electrons. The van der Waals surface area contributed by atoms with Gasteiger partial charge in [-0.3, -0.25) is 14.3 Å².